The standard InChI is InChI=1S/C22H20N6/c23-18-11-20(22(24)28-14-18)21-15(4-3-9-27-21)10-19(16-5-1-7-25-12-16)17-6-2-8-26-13-17/h1-9,11-14,19H,10,23H2,(H2,24,28). The monoisotopic (exact) mass is 368 g/mol. The second-order valence-electron chi connectivity index (χ2n) is 6.54. The first kappa shape index (κ1) is 17.6. The van der Waals surface area contributed by atoms with Crippen molar-refractivity contribution in [3.8, 4) is 11.3 Å². The van der Waals surface area contributed by atoms with Crippen molar-refractivity contribution >= 4 is 11.5 Å². The van der Waals surface area contributed by atoms with E-state index < -0.39 is 0 Å². The summed E-state index contributed by atoms with van der Waals surface area (Å²) in [5.74, 6) is 0.494. The van der Waals surface area contributed by atoms with E-state index in [9.17, 15) is 0 Å². The van der Waals surface area contributed by atoms with Crippen molar-refractivity contribution in [3.63, 3.8) is 0 Å². The maximum Gasteiger partial charge on any atom is 0.132 e. The zero-order valence-electron chi connectivity index (χ0n) is 15.2. The van der Waals surface area contributed by atoms with Crippen molar-refractivity contribution in [1.82, 2.24) is 19.9 Å². The van der Waals surface area contributed by atoms with Gasteiger partial charge in [-0.3, -0.25) is 15.0 Å². The van der Waals surface area contributed by atoms with E-state index in [1.54, 1.807) is 24.8 Å². The summed E-state index contributed by atoms with van der Waals surface area (Å²) in [4.78, 5) is 17.4. The van der Waals surface area contributed by atoms with Gasteiger partial charge in [0.15, 0.2) is 0 Å². The van der Waals surface area contributed by atoms with Crippen LogP contribution >= 0.6 is 0 Å². The molecule has 0 radical (unpaired) electrons. The molecule has 0 bridgehead atoms. The molecule has 4 rings (SSSR count). The summed E-state index contributed by atoms with van der Waals surface area (Å²) >= 11 is 0. The quantitative estimate of drug-likeness (QED) is 0.559. The fourth-order valence-electron chi connectivity index (χ4n) is 3.34. The first-order valence-corrected chi connectivity index (χ1v) is 8.97. The molecule has 138 valence electrons. The highest BCUT2D eigenvalue weighted by atomic mass is 14.9. The molecular weight excluding hydrogens is 348 g/mol. The van der Waals surface area contributed by atoms with Crippen molar-refractivity contribution < 1.29 is 0 Å². The van der Waals surface area contributed by atoms with Crippen molar-refractivity contribution in [2.75, 3.05) is 11.5 Å². The van der Waals surface area contributed by atoms with Gasteiger partial charge in [0.25, 0.3) is 0 Å². The Bertz CT molecular complexity index is 1030. The first-order valence-electron chi connectivity index (χ1n) is 8.97. The molecule has 4 heterocycles. The third-order valence-electron chi connectivity index (χ3n) is 4.68. The van der Waals surface area contributed by atoms with Crippen LogP contribution in [0, 0.1) is 0 Å². The number of nitrogens with zero attached hydrogens (tertiary/aromatic N) is 4. The summed E-state index contributed by atoms with van der Waals surface area (Å²) in [7, 11) is 0. The predicted octanol–water partition coefficient (Wildman–Crippen LogP) is 3.47. The highest BCUT2D eigenvalue weighted by Crippen LogP contribution is 2.33. The summed E-state index contributed by atoms with van der Waals surface area (Å²) in [5.41, 5.74) is 17.4. The number of hydrogen-bond acceptors (Lipinski definition) is 6. The van der Waals surface area contributed by atoms with Gasteiger partial charge in [0.05, 0.1) is 17.6 Å². The fourth-order valence-corrected chi connectivity index (χ4v) is 3.34. The third-order valence-corrected chi connectivity index (χ3v) is 4.68. The normalized spacial score (nSPS) is 10.9. The lowest BCUT2D eigenvalue weighted by Gasteiger charge is -2.19. The van der Waals surface area contributed by atoms with Gasteiger partial charge in [0.2, 0.25) is 0 Å². The van der Waals surface area contributed by atoms with Crippen LogP contribution in [0.15, 0.2) is 79.6 Å². The smallest absolute Gasteiger partial charge is 0.132 e. The van der Waals surface area contributed by atoms with E-state index in [-0.39, 0.29) is 5.92 Å². The Labute approximate surface area is 163 Å². The molecule has 0 saturated heterocycles. The van der Waals surface area contributed by atoms with E-state index in [4.69, 9.17) is 11.5 Å². The zero-order chi connectivity index (χ0) is 19.3. The molecule has 0 atom stereocenters. The van der Waals surface area contributed by atoms with Crippen molar-refractivity contribution in [1.29, 1.82) is 0 Å². The van der Waals surface area contributed by atoms with E-state index in [2.05, 4.69) is 38.1 Å². The zero-order valence-corrected chi connectivity index (χ0v) is 15.2. The number of rotatable bonds is 5. The van der Waals surface area contributed by atoms with Gasteiger partial charge in [-0.25, -0.2) is 4.98 Å². The number of nitrogen functional groups attached to an aromatic ring is 2. The number of anilines is 2. The number of nitrogens with two attached hydrogens (primary N) is 2. The first-order chi connectivity index (χ1) is 13.7. The van der Waals surface area contributed by atoms with Gasteiger partial charge in [0, 0.05) is 42.5 Å². The van der Waals surface area contributed by atoms with Gasteiger partial charge in [-0.05, 0) is 47.4 Å². The maximum absolute atomic E-state index is 6.12. The van der Waals surface area contributed by atoms with Gasteiger partial charge in [-0.1, -0.05) is 18.2 Å². The number of hydrogen-bond donors (Lipinski definition) is 2. The average Bonchev–Trinajstić information content (AvgIpc) is 2.75. The van der Waals surface area contributed by atoms with Crippen molar-refractivity contribution in [3.05, 3.63) is 96.3 Å². The predicted molar refractivity (Wildman–Crippen MR) is 110 cm³/mol. The minimum absolute atomic E-state index is 0.0839. The summed E-state index contributed by atoms with van der Waals surface area (Å²) in [6.07, 6.45) is 11.4. The summed E-state index contributed by atoms with van der Waals surface area (Å²) in [5, 5.41) is 0. The SMILES string of the molecule is Nc1cnc(N)c(-c2ncccc2CC(c2cccnc2)c2cccnc2)c1. The molecule has 6 nitrogen and oxygen atoms in total. The number of aromatic nitrogens is 4. The maximum atomic E-state index is 6.12. The third kappa shape index (κ3) is 3.66. The molecule has 0 aliphatic rings. The van der Waals surface area contributed by atoms with Crippen LogP contribution in [0.25, 0.3) is 11.3 Å². The lowest BCUT2D eigenvalue weighted by molar-refractivity contribution is 0.792. The van der Waals surface area contributed by atoms with E-state index in [1.165, 1.54) is 0 Å². The molecule has 4 N–H and O–H groups in total. The Morgan fingerprint density at radius 1 is 0.786 bits per heavy atom. The van der Waals surface area contributed by atoms with Gasteiger partial charge >= 0.3 is 0 Å². The molecule has 0 unspecified atom stereocenters. The lowest BCUT2D eigenvalue weighted by atomic mass is 9.86. The second-order valence-corrected chi connectivity index (χ2v) is 6.54. The molecule has 0 amide bonds. The Hall–Kier alpha value is -3.80. The van der Waals surface area contributed by atoms with Crippen LogP contribution < -0.4 is 11.5 Å². The molecule has 4 aromatic heterocycles. The van der Waals surface area contributed by atoms with Crippen molar-refractivity contribution in [2.45, 2.75) is 12.3 Å². The highest BCUT2D eigenvalue weighted by molar-refractivity contribution is 5.76. The fraction of sp³-hybridized carbons (Fsp3) is 0.0909. The van der Waals surface area contributed by atoms with Crippen molar-refractivity contribution in [2.24, 2.45) is 0 Å². The van der Waals surface area contributed by atoms with E-state index >= 15 is 0 Å². The van der Waals surface area contributed by atoms with Crippen LogP contribution in [0.1, 0.15) is 22.6 Å². The van der Waals surface area contributed by atoms with Gasteiger partial charge < -0.3 is 11.5 Å². The molecule has 0 aromatic carbocycles. The largest absolute Gasteiger partial charge is 0.397 e. The van der Waals surface area contributed by atoms with E-state index in [0.29, 0.717) is 11.5 Å². The topological polar surface area (TPSA) is 104 Å². The van der Waals surface area contributed by atoms with Crippen LogP contribution in [0.2, 0.25) is 0 Å². The second kappa shape index (κ2) is 7.84. The average molecular weight is 368 g/mol. The van der Waals surface area contributed by atoms with Crippen LogP contribution in [-0.4, -0.2) is 19.9 Å². The van der Waals surface area contributed by atoms with Crippen LogP contribution in [0.3, 0.4) is 0 Å². The molecule has 0 fully saturated rings. The van der Waals surface area contributed by atoms with Gasteiger partial charge in [-0.15, -0.1) is 0 Å². The lowest BCUT2D eigenvalue weighted by Crippen LogP contribution is -2.08. The molecule has 28 heavy (non-hydrogen) atoms. The highest BCUT2D eigenvalue weighted by Gasteiger charge is 2.19. The Kier molecular flexibility index (Phi) is 4.93. The van der Waals surface area contributed by atoms with Crippen LogP contribution in [0.4, 0.5) is 11.5 Å². The van der Waals surface area contributed by atoms with Gasteiger partial charge in [-0.2, -0.15) is 0 Å². The van der Waals surface area contributed by atoms with Crippen LogP contribution in [0.5, 0.6) is 0 Å². The molecule has 6 heteroatoms. The Balaban J connectivity index is 1.79. The minimum atomic E-state index is 0.0839. The molecule has 0 aliphatic heterocycles. The van der Waals surface area contributed by atoms with Gasteiger partial charge in [0.1, 0.15) is 5.82 Å². The minimum Gasteiger partial charge on any atom is -0.397 e. The summed E-state index contributed by atoms with van der Waals surface area (Å²) in [6, 6.07) is 13.9. The summed E-state index contributed by atoms with van der Waals surface area (Å²) in [6.45, 7) is 0. The van der Waals surface area contributed by atoms with E-state index in [0.717, 1.165) is 34.4 Å². The number of pyridine rings is 4. The Morgan fingerprint density at radius 3 is 2.11 bits per heavy atom. The Morgan fingerprint density at radius 2 is 1.46 bits per heavy atom. The van der Waals surface area contributed by atoms with E-state index in [1.807, 2.05) is 36.7 Å². The summed E-state index contributed by atoms with van der Waals surface area (Å²) < 4.78 is 0. The molecule has 0 saturated carbocycles. The molecular formula is C22H20N6. The molecule has 0 aliphatic carbocycles. The molecule has 0 spiro atoms. The van der Waals surface area contributed by atoms with Crippen LogP contribution in [-0.2, 0) is 6.42 Å². The molecule has 4 aromatic rings.